The number of benzene rings is 1. The molecule has 0 saturated carbocycles. The number of carbonyl (C=O) groups is 1. The van der Waals surface area contributed by atoms with Gasteiger partial charge < -0.3 is 0 Å². The molecule has 0 aliphatic carbocycles. The van der Waals surface area contributed by atoms with Crippen LogP contribution in [0.5, 0.6) is 0 Å². The smallest absolute Gasteiger partial charge is 0.173 e. The Bertz CT molecular complexity index is 502. The van der Waals surface area contributed by atoms with Crippen LogP contribution in [-0.4, -0.2) is 11.1 Å². The maximum Gasteiger partial charge on any atom is 0.173 e. The quantitative estimate of drug-likeness (QED) is 0.570. The van der Waals surface area contributed by atoms with E-state index in [1.807, 2.05) is 30.3 Å². The summed E-state index contributed by atoms with van der Waals surface area (Å²) in [6.07, 6.45) is 0. The van der Waals surface area contributed by atoms with Gasteiger partial charge in [-0.3, -0.25) is 4.79 Å². The SMILES string of the molecule is O=C(CBr)c1ccc(-c2ccc(Br)s2)cc1. The molecule has 0 amide bonds. The van der Waals surface area contributed by atoms with Gasteiger partial charge in [0.2, 0.25) is 0 Å². The van der Waals surface area contributed by atoms with E-state index in [4.69, 9.17) is 0 Å². The molecule has 0 unspecified atom stereocenters. The van der Waals surface area contributed by atoms with Gasteiger partial charge in [0.25, 0.3) is 0 Å². The summed E-state index contributed by atoms with van der Waals surface area (Å²) < 4.78 is 1.11. The first-order valence-electron chi connectivity index (χ1n) is 4.65. The highest BCUT2D eigenvalue weighted by Gasteiger charge is 2.05. The maximum absolute atomic E-state index is 11.4. The minimum absolute atomic E-state index is 0.110. The summed E-state index contributed by atoms with van der Waals surface area (Å²) in [6.45, 7) is 0. The van der Waals surface area contributed by atoms with Crippen molar-refractivity contribution in [1.82, 2.24) is 0 Å². The van der Waals surface area contributed by atoms with Crippen LogP contribution in [0.4, 0.5) is 0 Å². The molecule has 0 aliphatic heterocycles. The van der Waals surface area contributed by atoms with Gasteiger partial charge in [-0.25, -0.2) is 0 Å². The van der Waals surface area contributed by atoms with Crippen molar-refractivity contribution in [3.63, 3.8) is 0 Å². The van der Waals surface area contributed by atoms with E-state index in [-0.39, 0.29) is 5.78 Å². The van der Waals surface area contributed by atoms with Crippen molar-refractivity contribution >= 4 is 49.0 Å². The van der Waals surface area contributed by atoms with Crippen LogP contribution in [0.25, 0.3) is 10.4 Å². The lowest BCUT2D eigenvalue weighted by atomic mass is 10.1. The first-order valence-corrected chi connectivity index (χ1v) is 7.39. The Balaban J connectivity index is 2.29. The number of carbonyl (C=O) groups excluding carboxylic acids is 1. The van der Waals surface area contributed by atoms with E-state index < -0.39 is 0 Å². The molecule has 0 aliphatic rings. The molecule has 1 aromatic heterocycles. The molecule has 4 heteroatoms. The van der Waals surface area contributed by atoms with Crippen molar-refractivity contribution in [1.29, 1.82) is 0 Å². The largest absolute Gasteiger partial charge is 0.293 e. The molecule has 1 heterocycles. The van der Waals surface area contributed by atoms with Crippen LogP contribution in [0.1, 0.15) is 10.4 Å². The second-order valence-electron chi connectivity index (χ2n) is 3.24. The van der Waals surface area contributed by atoms with Gasteiger partial charge in [0.05, 0.1) is 9.12 Å². The lowest BCUT2D eigenvalue weighted by Gasteiger charge is -1.99. The third-order valence-corrected chi connectivity index (χ3v) is 4.37. The van der Waals surface area contributed by atoms with Crippen LogP contribution in [0.15, 0.2) is 40.2 Å². The lowest BCUT2D eigenvalue weighted by molar-refractivity contribution is 0.102. The van der Waals surface area contributed by atoms with E-state index >= 15 is 0 Å². The van der Waals surface area contributed by atoms with Crippen LogP contribution >= 0.6 is 43.2 Å². The third-order valence-electron chi connectivity index (χ3n) is 2.19. The molecule has 1 aromatic carbocycles. The van der Waals surface area contributed by atoms with Crippen molar-refractivity contribution in [2.24, 2.45) is 0 Å². The summed E-state index contributed by atoms with van der Waals surface area (Å²) in [5, 5.41) is 0.372. The van der Waals surface area contributed by atoms with Crippen LogP contribution in [0.3, 0.4) is 0 Å². The van der Waals surface area contributed by atoms with Crippen molar-refractivity contribution in [3.8, 4) is 10.4 Å². The molecule has 2 rings (SSSR count). The fourth-order valence-corrected chi connectivity index (χ4v) is 3.08. The van der Waals surface area contributed by atoms with E-state index in [1.165, 1.54) is 4.88 Å². The molecule has 0 bridgehead atoms. The van der Waals surface area contributed by atoms with Gasteiger partial charge in [0, 0.05) is 10.4 Å². The van der Waals surface area contributed by atoms with E-state index in [1.54, 1.807) is 11.3 Å². The lowest BCUT2D eigenvalue weighted by Crippen LogP contribution is -1.98. The zero-order chi connectivity index (χ0) is 11.5. The highest BCUT2D eigenvalue weighted by molar-refractivity contribution is 9.11. The van der Waals surface area contributed by atoms with Gasteiger partial charge in [-0.1, -0.05) is 40.2 Å². The minimum atomic E-state index is 0.110. The van der Waals surface area contributed by atoms with Crippen molar-refractivity contribution < 1.29 is 4.79 Å². The zero-order valence-electron chi connectivity index (χ0n) is 8.24. The van der Waals surface area contributed by atoms with E-state index in [9.17, 15) is 4.79 Å². The maximum atomic E-state index is 11.4. The highest BCUT2D eigenvalue weighted by Crippen LogP contribution is 2.31. The molecule has 1 nitrogen and oxygen atoms in total. The Morgan fingerprint density at radius 3 is 2.31 bits per heavy atom. The van der Waals surface area contributed by atoms with E-state index in [0.717, 1.165) is 14.9 Å². The number of halogens is 2. The van der Waals surface area contributed by atoms with E-state index in [2.05, 4.69) is 37.9 Å². The molecule has 16 heavy (non-hydrogen) atoms. The fourth-order valence-electron chi connectivity index (χ4n) is 1.37. The van der Waals surface area contributed by atoms with Gasteiger partial charge in [-0.2, -0.15) is 0 Å². The first kappa shape index (κ1) is 12.0. The molecule has 0 radical (unpaired) electrons. The van der Waals surface area contributed by atoms with Crippen molar-refractivity contribution in [2.75, 3.05) is 5.33 Å². The van der Waals surface area contributed by atoms with Crippen LogP contribution < -0.4 is 0 Å². The number of ketones is 1. The summed E-state index contributed by atoms with van der Waals surface area (Å²) in [4.78, 5) is 12.6. The van der Waals surface area contributed by atoms with Gasteiger partial charge in [0.15, 0.2) is 5.78 Å². The molecular formula is C12H8Br2OS. The summed E-state index contributed by atoms with van der Waals surface area (Å²) in [7, 11) is 0. The van der Waals surface area contributed by atoms with Crippen molar-refractivity contribution in [2.45, 2.75) is 0 Å². The topological polar surface area (TPSA) is 17.1 Å². The number of hydrogen-bond donors (Lipinski definition) is 0. The summed E-state index contributed by atoms with van der Waals surface area (Å²) in [6, 6.07) is 11.8. The average molecular weight is 360 g/mol. The number of alkyl halides is 1. The summed E-state index contributed by atoms with van der Waals surface area (Å²) >= 11 is 8.28. The van der Waals surface area contributed by atoms with Gasteiger partial charge in [-0.05, 0) is 33.6 Å². The molecule has 0 atom stereocenters. The minimum Gasteiger partial charge on any atom is -0.293 e. The Morgan fingerprint density at radius 1 is 1.12 bits per heavy atom. The summed E-state index contributed by atoms with van der Waals surface area (Å²) in [5.41, 5.74) is 1.89. The molecule has 0 spiro atoms. The molecule has 2 aromatic rings. The van der Waals surface area contributed by atoms with E-state index in [0.29, 0.717) is 5.33 Å². The molecule has 82 valence electrons. The Morgan fingerprint density at radius 2 is 1.81 bits per heavy atom. The predicted octanol–water partition coefficient (Wildman–Crippen LogP) is 4.76. The Kier molecular flexibility index (Phi) is 3.95. The number of Topliss-reactive ketones (excluding diaryl/α,β-unsaturated/α-hetero) is 1. The van der Waals surface area contributed by atoms with Crippen LogP contribution in [0, 0.1) is 0 Å². The highest BCUT2D eigenvalue weighted by atomic mass is 79.9. The summed E-state index contributed by atoms with van der Waals surface area (Å²) in [5.74, 6) is 0.110. The Labute approximate surface area is 115 Å². The number of rotatable bonds is 3. The second-order valence-corrected chi connectivity index (χ2v) is 6.26. The first-order chi connectivity index (χ1) is 7.70. The number of thiophene rings is 1. The number of hydrogen-bond acceptors (Lipinski definition) is 2. The second kappa shape index (κ2) is 5.25. The predicted molar refractivity (Wildman–Crippen MR) is 75.6 cm³/mol. The van der Waals surface area contributed by atoms with Gasteiger partial charge in [-0.15, -0.1) is 11.3 Å². The monoisotopic (exact) mass is 358 g/mol. The normalized spacial score (nSPS) is 10.4. The standard InChI is InChI=1S/C12H8Br2OS/c13-7-10(15)8-1-3-9(4-2-8)11-5-6-12(14)16-11/h1-6H,7H2. The molecule has 0 N–H and O–H groups in total. The van der Waals surface area contributed by atoms with Crippen LogP contribution in [-0.2, 0) is 0 Å². The molecule has 0 fully saturated rings. The van der Waals surface area contributed by atoms with Gasteiger partial charge in [0.1, 0.15) is 0 Å². The zero-order valence-corrected chi connectivity index (χ0v) is 12.2. The molecule has 0 saturated heterocycles. The average Bonchev–Trinajstić information content (AvgIpc) is 2.75. The van der Waals surface area contributed by atoms with Gasteiger partial charge >= 0.3 is 0 Å². The third kappa shape index (κ3) is 2.62. The molecular weight excluding hydrogens is 352 g/mol. The van der Waals surface area contributed by atoms with Crippen molar-refractivity contribution in [3.05, 3.63) is 45.7 Å². The van der Waals surface area contributed by atoms with Crippen LogP contribution in [0.2, 0.25) is 0 Å². The fraction of sp³-hybridized carbons (Fsp3) is 0.0833. The Hall–Kier alpha value is -0.450.